The quantitative estimate of drug-likeness (QED) is 0.822. The van der Waals surface area contributed by atoms with Crippen molar-refractivity contribution >= 4 is 11.7 Å². The standard InChI is InChI=1S/C13H19N3O2/c1-2-11(17)9-12(18)16-7-3-10(4-8-16)13-14-5-6-15-13/h5-6,10H,2-4,7-9H2,1H3,(H,14,15). The molecule has 5 heteroatoms. The first-order chi connectivity index (χ1) is 8.70. The molecule has 1 fully saturated rings. The molecule has 1 N–H and O–H groups in total. The van der Waals surface area contributed by atoms with Gasteiger partial charge in [-0.05, 0) is 12.8 Å². The van der Waals surface area contributed by atoms with E-state index in [-0.39, 0.29) is 18.1 Å². The topological polar surface area (TPSA) is 66.1 Å². The van der Waals surface area contributed by atoms with E-state index in [1.807, 2.05) is 6.20 Å². The third kappa shape index (κ3) is 2.97. The van der Waals surface area contributed by atoms with E-state index >= 15 is 0 Å². The zero-order valence-electron chi connectivity index (χ0n) is 10.7. The molecule has 0 saturated carbocycles. The van der Waals surface area contributed by atoms with Crippen LogP contribution in [0.4, 0.5) is 0 Å². The van der Waals surface area contributed by atoms with Gasteiger partial charge in [0.05, 0.1) is 6.42 Å². The molecule has 1 aromatic heterocycles. The number of carbonyl (C=O) groups excluding carboxylic acids is 2. The van der Waals surface area contributed by atoms with E-state index in [1.165, 1.54) is 0 Å². The molecule has 1 saturated heterocycles. The SMILES string of the molecule is CCC(=O)CC(=O)N1CCC(c2ncc[nH]2)CC1. The highest BCUT2D eigenvalue weighted by Crippen LogP contribution is 2.25. The van der Waals surface area contributed by atoms with E-state index < -0.39 is 0 Å². The van der Waals surface area contributed by atoms with Crippen LogP contribution in [0.5, 0.6) is 0 Å². The number of carbonyl (C=O) groups is 2. The molecule has 0 aromatic carbocycles. The van der Waals surface area contributed by atoms with Gasteiger partial charge in [-0.15, -0.1) is 0 Å². The number of rotatable bonds is 4. The zero-order chi connectivity index (χ0) is 13.0. The molecule has 0 atom stereocenters. The summed E-state index contributed by atoms with van der Waals surface area (Å²) in [6.45, 7) is 3.24. The van der Waals surface area contributed by atoms with Crippen molar-refractivity contribution < 1.29 is 9.59 Å². The lowest BCUT2D eigenvalue weighted by molar-refractivity contribution is -0.136. The first-order valence-electron chi connectivity index (χ1n) is 6.49. The minimum atomic E-state index is -0.0280. The average Bonchev–Trinajstić information content (AvgIpc) is 2.92. The highest BCUT2D eigenvalue weighted by Gasteiger charge is 2.25. The first-order valence-corrected chi connectivity index (χ1v) is 6.49. The molecular weight excluding hydrogens is 230 g/mol. The normalized spacial score (nSPS) is 16.8. The van der Waals surface area contributed by atoms with Gasteiger partial charge in [-0.3, -0.25) is 9.59 Å². The lowest BCUT2D eigenvalue weighted by Gasteiger charge is -2.31. The van der Waals surface area contributed by atoms with Gasteiger partial charge in [0.1, 0.15) is 11.6 Å². The Labute approximate surface area is 107 Å². The van der Waals surface area contributed by atoms with E-state index in [0.29, 0.717) is 12.3 Å². The minimum Gasteiger partial charge on any atom is -0.348 e. The summed E-state index contributed by atoms with van der Waals surface area (Å²) in [5, 5.41) is 0. The average molecular weight is 249 g/mol. The molecule has 98 valence electrons. The molecular formula is C13H19N3O2. The van der Waals surface area contributed by atoms with E-state index in [4.69, 9.17) is 0 Å². The van der Waals surface area contributed by atoms with Gasteiger partial charge >= 0.3 is 0 Å². The number of Topliss-reactive ketones (excluding diaryl/α,β-unsaturated/α-hetero) is 1. The lowest BCUT2D eigenvalue weighted by atomic mass is 9.96. The number of aromatic amines is 1. The van der Waals surface area contributed by atoms with E-state index in [2.05, 4.69) is 9.97 Å². The van der Waals surface area contributed by atoms with Crippen molar-refractivity contribution in [2.24, 2.45) is 0 Å². The molecule has 2 rings (SSSR count). The second-order valence-electron chi connectivity index (χ2n) is 4.70. The first kappa shape index (κ1) is 12.8. The van der Waals surface area contributed by atoms with Gasteiger partial charge in [0, 0.05) is 37.8 Å². The van der Waals surface area contributed by atoms with Crippen molar-refractivity contribution in [3.63, 3.8) is 0 Å². The van der Waals surface area contributed by atoms with Crippen LogP contribution in [0, 0.1) is 0 Å². The number of H-pyrrole nitrogens is 1. The summed E-state index contributed by atoms with van der Waals surface area (Å²) < 4.78 is 0. The van der Waals surface area contributed by atoms with E-state index in [0.717, 1.165) is 31.8 Å². The summed E-state index contributed by atoms with van der Waals surface area (Å²) in [6, 6.07) is 0. The number of nitrogens with one attached hydrogen (secondary N) is 1. The molecule has 0 unspecified atom stereocenters. The Kier molecular flexibility index (Phi) is 4.12. The molecule has 0 bridgehead atoms. The second kappa shape index (κ2) is 5.80. The van der Waals surface area contributed by atoms with Gasteiger partial charge in [-0.2, -0.15) is 0 Å². The fourth-order valence-corrected chi connectivity index (χ4v) is 2.31. The summed E-state index contributed by atoms with van der Waals surface area (Å²) in [5.74, 6) is 1.41. The fourth-order valence-electron chi connectivity index (χ4n) is 2.31. The molecule has 1 aromatic rings. The maximum Gasteiger partial charge on any atom is 0.230 e. The summed E-state index contributed by atoms with van der Waals surface area (Å²) in [5.41, 5.74) is 0. The highest BCUT2D eigenvalue weighted by atomic mass is 16.2. The van der Waals surface area contributed by atoms with E-state index in [9.17, 15) is 9.59 Å². The van der Waals surface area contributed by atoms with Crippen LogP contribution < -0.4 is 0 Å². The van der Waals surface area contributed by atoms with Crippen molar-refractivity contribution in [2.75, 3.05) is 13.1 Å². The van der Waals surface area contributed by atoms with Crippen LogP contribution in [0.15, 0.2) is 12.4 Å². The van der Waals surface area contributed by atoms with Gasteiger partial charge in [-0.25, -0.2) is 4.98 Å². The van der Waals surface area contributed by atoms with Crippen LogP contribution in [0.3, 0.4) is 0 Å². The highest BCUT2D eigenvalue weighted by molar-refractivity contribution is 5.97. The molecule has 0 spiro atoms. The summed E-state index contributed by atoms with van der Waals surface area (Å²) >= 11 is 0. The minimum absolute atomic E-state index is 0.0214. The van der Waals surface area contributed by atoms with Crippen molar-refractivity contribution in [1.29, 1.82) is 0 Å². The number of ketones is 1. The summed E-state index contributed by atoms with van der Waals surface area (Å²) in [6.07, 6.45) is 5.91. The molecule has 1 amide bonds. The number of hydrogen-bond acceptors (Lipinski definition) is 3. The molecule has 5 nitrogen and oxygen atoms in total. The Morgan fingerprint density at radius 3 is 2.72 bits per heavy atom. The van der Waals surface area contributed by atoms with Crippen LogP contribution in [0.25, 0.3) is 0 Å². The van der Waals surface area contributed by atoms with Crippen LogP contribution in [-0.2, 0) is 9.59 Å². The number of aromatic nitrogens is 2. The number of hydrogen-bond donors (Lipinski definition) is 1. The molecule has 2 heterocycles. The number of amides is 1. The number of imidazole rings is 1. The van der Waals surface area contributed by atoms with Gasteiger partial charge in [-0.1, -0.05) is 6.92 Å². The molecule has 1 aliphatic heterocycles. The predicted molar refractivity (Wildman–Crippen MR) is 67.1 cm³/mol. The largest absolute Gasteiger partial charge is 0.348 e. The Balaban J connectivity index is 1.83. The van der Waals surface area contributed by atoms with Crippen molar-refractivity contribution in [3.8, 4) is 0 Å². The Bertz CT molecular complexity index is 406. The molecule has 1 aliphatic rings. The van der Waals surface area contributed by atoms with Crippen LogP contribution in [-0.4, -0.2) is 39.6 Å². The zero-order valence-corrected chi connectivity index (χ0v) is 10.7. The molecule has 0 aliphatic carbocycles. The van der Waals surface area contributed by atoms with Crippen LogP contribution in [0.1, 0.15) is 44.3 Å². The maximum absolute atomic E-state index is 11.8. The van der Waals surface area contributed by atoms with Gasteiger partial charge in [0.2, 0.25) is 5.91 Å². The summed E-state index contributed by atoms with van der Waals surface area (Å²) in [7, 11) is 0. The number of likely N-dealkylation sites (tertiary alicyclic amines) is 1. The lowest BCUT2D eigenvalue weighted by Crippen LogP contribution is -2.38. The van der Waals surface area contributed by atoms with Gasteiger partial charge < -0.3 is 9.88 Å². The van der Waals surface area contributed by atoms with Gasteiger partial charge in [0.25, 0.3) is 0 Å². The van der Waals surface area contributed by atoms with Crippen molar-refractivity contribution in [3.05, 3.63) is 18.2 Å². The summed E-state index contributed by atoms with van der Waals surface area (Å²) in [4.78, 5) is 32.3. The fraction of sp³-hybridized carbons (Fsp3) is 0.615. The van der Waals surface area contributed by atoms with Crippen molar-refractivity contribution in [2.45, 2.75) is 38.5 Å². The maximum atomic E-state index is 11.8. The Morgan fingerprint density at radius 1 is 1.44 bits per heavy atom. The smallest absolute Gasteiger partial charge is 0.230 e. The third-order valence-electron chi connectivity index (χ3n) is 3.50. The van der Waals surface area contributed by atoms with Gasteiger partial charge in [0.15, 0.2) is 0 Å². The third-order valence-corrected chi connectivity index (χ3v) is 3.50. The second-order valence-corrected chi connectivity index (χ2v) is 4.70. The Hall–Kier alpha value is -1.65. The van der Waals surface area contributed by atoms with Crippen LogP contribution in [0.2, 0.25) is 0 Å². The monoisotopic (exact) mass is 249 g/mol. The van der Waals surface area contributed by atoms with Crippen molar-refractivity contribution in [1.82, 2.24) is 14.9 Å². The number of piperidine rings is 1. The molecule has 18 heavy (non-hydrogen) atoms. The van der Waals surface area contributed by atoms with E-state index in [1.54, 1.807) is 18.0 Å². The Morgan fingerprint density at radius 2 is 2.17 bits per heavy atom. The predicted octanol–water partition coefficient (Wildman–Crippen LogP) is 1.48. The van der Waals surface area contributed by atoms with Crippen LogP contribution >= 0.6 is 0 Å². The molecule has 0 radical (unpaired) electrons. The number of nitrogens with zero attached hydrogens (tertiary/aromatic N) is 2.